The van der Waals surface area contributed by atoms with Gasteiger partial charge in [0.2, 0.25) is 0 Å². The lowest BCUT2D eigenvalue weighted by atomic mass is 10.3. The zero-order valence-corrected chi connectivity index (χ0v) is 21.9. The van der Waals surface area contributed by atoms with E-state index < -0.39 is 0 Å². The Morgan fingerprint density at radius 3 is 1.14 bits per heavy atom. The van der Waals surface area contributed by atoms with Gasteiger partial charge in [-0.3, -0.25) is 0 Å². The number of nitrogens with zero attached hydrogens (tertiary/aromatic N) is 2. The molecule has 1 aromatic rings. The van der Waals surface area contributed by atoms with Crippen LogP contribution < -0.4 is 9.47 Å². The summed E-state index contributed by atoms with van der Waals surface area (Å²) in [7, 11) is 0. The third-order valence-corrected chi connectivity index (χ3v) is 7.90. The highest BCUT2D eigenvalue weighted by Crippen LogP contribution is 2.36. The first-order valence-electron chi connectivity index (χ1n) is 10.8. The molecule has 0 bridgehead atoms. The number of likely N-dealkylation sites (N-methyl/N-ethyl adjacent to an activating group) is 2. The fourth-order valence-corrected chi connectivity index (χ4v) is 4.59. The first-order chi connectivity index (χ1) is 13.3. The lowest BCUT2D eigenvalue weighted by molar-refractivity contribution is -0.923. The van der Waals surface area contributed by atoms with E-state index in [2.05, 4.69) is 73.4 Å². The smallest absolute Gasteiger partial charge is 0.137 e. The first-order valence-corrected chi connectivity index (χ1v) is 12.4. The summed E-state index contributed by atoms with van der Waals surface area (Å²) in [6, 6.07) is 4.03. The Morgan fingerprint density at radius 2 is 0.893 bits per heavy atom. The molecule has 0 unspecified atom stereocenters. The molecule has 4 nitrogen and oxygen atoms in total. The summed E-state index contributed by atoms with van der Waals surface area (Å²) >= 11 is 7.30. The topological polar surface area (TPSA) is 18.5 Å². The van der Waals surface area contributed by atoms with Gasteiger partial charge in [0.25, 0.3) is 0 Å². The molecule has 0 saturated carbocycles. The zero-order chi connectivity index (χ0) is 21.2. The van der Waals surface area contributed by atoms with Gasteiger partial charge in [-0.15, -0.1) is 0 Å². The molecule has 0 aromatic heterocycles. The van der Waals surface area contributed by atoms with Crippen LogP contribution in [0.25, 0.3) is 0 Å². The predicted octanol–water partition coefficient (Wildman–Crippen LogP) is 5.72. The van der Waals surface area contributed by atoms with Gasteiger partial charge in [-0.2, -0.15) is 0 Å². The quantitative estimate of drug-likeness (QED) is 0.290. The van der Waals surface area contributed by atoms with E-state index in [1.807, 2.05) is 12.1 Å². The third-order valence-electron chi connectivity index (χ3n) is 6.66. The molecule has 0 aliphatic heterocycles. The maximum atomic E-state index is 6.09. The van der Waals surface area contributed by atoms with Gasteiger partial charge in [-0.25, -0.2) is 0 Å². The molecule has 0 aliphatic rings. The monoisotopic (exact) mass is 522 g/mol. The molecular weight excluding hydrogens is 484 g/mol. The zero-order valence-electron chi connectivity index (χ0n) is 18.7. The molecule has 28 heavy (non-hydrogen) atoms. The van der Waals surface area contributed by atoms with Crippen LogP contribution in [-0.4, -0.2) is 74.5 Å². The summed E-state index contributed by atoms with van der Waals surface area (Å²) in [6.07, 6.45) is 0. The molecule has 6 heteroatoms. The molecule has 0 amide bonds. The van der Waals surface area contributed by atoms with Crippen molar-refractivity contribution in [1.29, 1.82) is 0 Å². The van der Waals surface area contributed by atoms with Gasteiger partial charge in [-0.05, 0) is 85.5 Å². The summed E-state index contributed by atoms with van der Waals surface area (Å²) in [6.45, 7) is 23.9. The number of hydrogen-bond donors (Lipinski definition) is 0. The van der Waals surface area contributed by atoms with E-state index in [4.69, 9.17) is 9.47 Å². The second kappa shape index (κ2) is 12.4. The Balaban J connectivity index is 2.69. The third kappa shape index (κ3) is 6.89. The molecule has 1 aromatic carbocycles. The minimum atomic E-state index is 0.713. The van der Waals surface area contributed by atoms with Gasteiger partial charge in [0.15, 0.2) is 0 Å². The highest BCUT2D eigenvalue weighted by molar-refractivity contribution is 9.11. The van der Waals surface area contributed by atoms with Gasteiger partial charge in [0.05, 0.1) is 48.2 Å². The second-order valence-electron chi connectivity index (χ2n) is 7.44. The number of quaternary nitrogens is 2. The van der Waals surface area contributed by atoms with Gasteiger partial charge in [0.1, 0.15) is 37.8 Å². The average Bonchev–Trinajstić information content (AvgIpc) is 2.72. The van der Waals surface area contributed by atoms with E-state index >= 15 is 0 Å². The van der Waals surface area contributed by atoms with Crippen LogP contribution in [0.15, 0.2) is 21.1 Å². The molecule has 0 heterocycles. The van der Waals surface area contributed by atoms with Crippen molar-refractivity contribution in [3.8, 4) is 11.5 Å². The molecule has 0 saturated heterocycles. The van der Waals surface area contributed by atoms with Gasteiger partial charge in [-0.1, -0.05) is 0 Å². The Kier molecular flexibility index (Phi) is 11.4. The molecule has 0 aliphatic carbocycles. The number of halogens is 2. The number of benzene rings is 1. The minimum Gasteiger partial charge on any atom is -0.486 e. The fraction of sp³-hybridized carbons (Fsp3) is 0.727. The van der Waals surface area contributed by atoms with E-state index in [0.717, 1.165) is 81.8 Å². The van der Waals surface area contributed by atoms with Crippen LogP contribution in [0.4, 0.5) is 0 Å². The lowest BCUT2D eigenvalue weighted by Gasteiger charge is -2.35. The number of rotatable bonds is 14. The largest absolute Gasteiger partial charge is 0.486 e. The van der Waals surface area contributed by atoms with Gasteiger partial charge in [0, 0.05) is 0 Å². The summed E-state index contributed by atoms with van der Waals surface area (Å²) in [5.41, 5.74) is 0. The highest BCUT2D eigenvalue weighted by atomic mass is 79.9. The van der Waals surface area contributed by atoms with Crippen LogP contribution in [0.1, 0.15) is 41.5 Å². The van der Waals surface area contributed by atoms with Gasteiger partial charge >= 0.3 is 0 Å². The summed E-state index contributed by atoms with van der Waals surface area (Å²) in [4.78, 5) is 0. The highest BCUT2D eigenvalue weighted by Gasteiger charge is 2.22. The van der Waals surface area contributed by atoms with E-state index in [1.165, 1.54) is 0 Å². The van der Waals surface area contributed by atoms with Gasteiger partial charge < -0.3 is 18.4 Å². The molecule has 0 radical (unpaired) electrons. The Labute approximate surface area is 189 Å². The summed E-state index contributed by atoms with van der Waals surface area (Å²) in [5.74, 6) is 1.72. The van der Waals surface area contributed by atoms with Crippen molar-refractivity contribution in [2.45, 2.75) is 41.5 Å². The Bertz CT molecular complexity index is 520. The number of ether oxygens (including phenoxy) is 2. The second-order valence-corrected chi connectivity index (χ2v) is 9.15. The first kappa shape index (κ1) is 25.7. The van der Waals surface area contributed by atoms with Crippen LogP contribution in [0.5, 0.6) is 11.5 Å². The predicted molar refractivity (Wildman–Crippen MR) is 126 cm³/mol. The maximum absolute atomic E-state index is 6.09. The fourth-order valence-electron chi connectivity index (χ4n) is 3.72. The van der Waals surface area contributed by atoms with Crippen LogP contribution in [0, 0.1) is 0 Å². The van der Waals surface area contributed by atoms with Crippen LogP contribution >= 0.6 is 31.9 Å². The van der Waals surface area contributed by atoms with Crippen LogP contribution in [0.3, 0.4) is 0 Å². The standard InChI is InChI=1S/C22H40Br2N2O2/c1-7-25(8-2,9-3)13-15-27-21-17-20(24)22(18-19(21)23)28-16-14-26(10-4,11-5)12-6/h17-18H,7-16H2,1-6H3/q+2. The van der Waals surface area contributed by atoms with Crippen LogP contribution in [-0.2, 0) is 0 Å². The maximum Gasteiger partial charge on any atom is 0.137 e. The van der Waals surface area contributed by atoms with Crippen molar-refractivity contribution in [3.63, 3.8) is 0 Å². The Morgan fingerprint density at radius 1 is 0.607 bits per heavy atom. The lowest BCUT2D eigenvalue weighted by Crippen LogP contribution is -2.49. The molecule has 162 valence electrons. The van der Waals surface area contributed by atoms with E-state index in [1.54, 1.807) is 0 Å². The summed E-state index contributed by atoms with van der Waals surface area (Å²) in [5, 5.41) is 0. The van der Waals surface area contributed by atoms with Crippen molar-refractivity contribution < 1.29 is 18.4 Å². The minimum absolute atomic E-state index is 0.713. The molecule has 0 atom stereocenters. The van der Waals surface area contributed by atoms with Crippen molar-refractivity contribution in [2.24, 2.45) is 0 Å². The Hall–Kier alpha value is -0.300. The van der Waals surface area contributed by atoms with Crippen molar-refractivity contribution >= 4 is 31.9 Å². The van der Waals surface area contributed by atoms with E-state index in [-0.39, 0.29) is 0 Å². The average molecular weight is 524 g/mol. The van der Waals surface area contributed by atoms with E-state index in [9.17, 15) is 0 Å². The normalized spacial score (nSPS) is 12.3. The van der Waals surface area contributed by atoms with E-state index in [0.29, 0.717) is 13.2 Å². The molecule has 0 spiro atoms. The summed E-state index contributed by atoms with van der Waals surface area (Å²) < 4.78 is 16.2. The van der Waals surface area contributed by atoms with Crippen molar-refractivity contribution in [2.75, 3.05) is 65.6 Å². The number of hydrogen-bond acceptors (Lipinski definition) is 2. The SMILES string of the molecule is CC[N+](CC)(CC)CCOc1cc(Br)c(OCC[N+](CC)(CC)CC)cc1Br. The molecule has 0 fully saturated rings. The van der Waals surface area contributed by atoms with Crippen LogP contribution in [0.2, 0.25) is 0 Å². The van der Waals surface area contributed by atoms with Crippen molar-refractivity contribution in [1.82, 2.24) is 0 Å². The van der Waals surface area contributed by atoms with Crippen molar-refractivity contribution in [3.05, 3.63) is 21.1 Å². The molecule has 0 N–H and O–H groups in total. The molecule has 1 rings (SSSR count). The molecular formula is C22H40Br2N2O2+2.